The number of aliphatic hydroxyl groups excluding tert-OH is 1. The van der Waals surface area contributed by atoms with Crippen LogP contribution < -0.4 is 0 Å². The molecule has 2 aliphatic carbocycles. The normalized spacial score (nSPS) is 48.8. The second kappa shape index (κ2) is 2.59. The number of alkyl halides is 1. The molecule has 0 radical (unpaired) electrons. The Hall–Kier alpha value is -0.550. The molecule has 10 heavy (non-hydrogen) atoms. The lowest BCUT2D eigenvalue weighted by atomic mass is 10.2. The van der Waals surface area contributed by atoms with Crippen LogP contribution in [0.2, 0.25) is 0 Å². The quantitative estimate of drug-likeness (QED) is 0.500. The van der Waals surface area contributed by atoms with Crippen LogP contribution in [0.3, 0.4) is 0 Å². The topological polar surface area (TPSA) is 20.2 Å². The first-order valence-corrected chi connectivity index (χ1v) is 3.46. The van der Waals surface area contributed by atoms with Crippen molar-refractivity contribution in [3.63, 3.8) is 0 Å². The summed E-state index contributed by atoms with van der Waals surface area (Å²) >= 11 is 0. The van der Waals surface area contributed by atoms with Gasteiger partial charge in [-0.05, 0) is 18.8 Å². The van der Waals surface area contributed by atoms with Crippen molar-refractivity contribution in [1.82, 2.24) is 0 Å². The van der Waals surface area contributed by atoms with Crippen LogP contribution in [0.4, 0.5) is 4.39 Å². The first-order chi connectivity index (χ1) is 4.80. The van der Waals surface area contributed by atoms with Crippen molar-refractivity contribution in [3.05, 3.63) is 0 Å². The third kappa shape index (κ3) is 0.911. The maximum Gasteiger partial charge on any atom is 0.109 e. The highest BCUT2D eigenvalue weighted by atomic mass is 19.1. The number of fused-ring (bicyclic) bond motifs is 1. The number of hydrogen-bond donors (Lipinski definition) is 1. The van der Waals surface area contributed by atoms with E-state index >= 15 is 0 Å². The molecule has 4 atom stereocenters. The summed E-state index contributed by atoms with van der Waals surface area (Å²) in [5.74, 6) is 0.278. The fourth-order valence-electron chi connectivity index (χ4n) is 1.76. The fourth-order valence-corrected chi connectivity index (χ4v) is 1.76. The molecule has 2 unspecified atom stereocenters. The zero-order valence-electron chi connectivity index (χ0n) is 5.70. The first kappa shape index (κ1) is 7.56. The predicted molar refractivity (Wildman–Crippen MR) is 37.0 cm³/mol. The Kier molecular flexibility index (Phi) is 1.96. The molecule has 2 saturated carbocycles. The minimum atomic E-state index is -0.654. The van der Waals surface area contributed by atoms with Gasteiger partial charge in [0.25, 0.3) is 0 Å². The lowest BCUT2D eigenvalue weighted by Gasteiger charge is -2.00. The minimum Gasteiger partial charge on any atom is -0.393 e. The minimum absolute atomic E-state index is 0.0370. The van der Waals surface area contributed by atoms with Crippen molar-refractivity contribution in [1.29, 1.82) is 0 Å². The summed E-state index contributed by atoms with van der Waals surface area (Å²) in [6, 6.07) is 0. The van der Waals surface area contributed by atoms with E-state index in [1.165, 1.54) is 0 Å². The van der Waals surface area contributed by atoms with Crippen LogP contribution in [0.15, 0.2) is 0 Å². The van der Waals surface area contributed by atoms with E-state index in [1.54, 1.807) is 0 Å². The standard InChI is InChI=1S/C6H9FO.C2H2/c7-6-3-1-2-4(8)5(3)6;1-2/h3-6,8H,1-2H2;1-2H/t3?,4-,5?,6-;/m0./s1. The molecule has 1 N–H and O–H groups in total. The highest BCUT2D eigenvalue weighted by Gasteiger charge is 2.58. The molecule has 1 nitrogen and oxygen atoms in total. The van der Waals surface area contributed by atoms with E-state index < -0.39 is 6.17 Å². The van der Waals surface area contributed by atoms with Crippen LogP contribution in [0.5, 0.6) is 0 Å². The number of hydrogen-bond acceptors (Lipinski definition) is 1. The number of aliphatic hydroxyl groups is 1. The zero-order valence-corrected chi connectivity index (χ0v) is 5.70. The summed E-state index contributed by atoms with van der Waals surface area (Å²) in [4.78, 5) is 0. The Bertz CT molecular complexity index is 141. The lowest BCUT2D eigenvalue weighted by Crippen LogP contribution is -2.06. The van der Waals surface area contributed by atoms with Gasteiger partial charge < -0.3 is 5.11 Å². The van der Waals surface area contributed by atoms with Crippen molar-refractivity contribution in [3.8, 4) is 12.8 Å². The van der Waals surface area contributed by atoms with Crippen LogP contribution in [0.25, 0.3) is 0 Å². The Morgan fingerprint density at radius 1 is 1.30 bits per heavy atom. The maximum atomic E-state index is 12.3. The van der Waals surface area contributed by atoms with E-state index in [-0.39, 0.29) is 17.9 Å². The molecule has 0 saturated heterocycles. The highest BCUT2D eigenvalue weighted by molar-refractivity contribution is 5.06. The van der Waals surface area contributed by atoms with Crippen LogP contribution in [0, 0.1) is 24.7 Å². The van der Waals surface area contributed by atoms with Crippen LogP contribution in [-0.2, 0) is 0 Å². The molecule has 0 aromatic heterocycles. The average Bonchev–Trinajstić information content (AvgIpc) is 2.41. The molecule has 56 valence electrons. The summed E-state index contributed by atoms with van der Waals surface area (Å²) in [5.41, 5.74) is 0. The molecule has 2 fully saturated rings. The maximum absolute atomic E-state index is 12.3. The van der Waals surface area contributed by atoms with Gasteiger partial charge in [-0.1, -0.05) is 0 Å². The Morgan fingerprint density at radius 2 is 1.90 bits per heavy atom. The van der Waals surface area contributed by atoms with E-state index in [4.69, 9.17) is 5.11 Å². The molecule has 2 rings (SSSR count). The van der Waals surface area contributed by atoms with Gasteiger partial charge in [-0.25, -0.2) is 4.39 Å². The van der Waals surface area contributed by atoms with Gasteiger partial charge in [-0.3, -0.25) is 0 Å². The van der Waals surface area contributed by atoms with Gasteiger partial charge in [0.15, 0.2) is 0 Å². The van der Waals surface area contributed by atoms with Crippen molar-refractivity contribution < 1.29 is 9.50 Å². The van der Waals surface area contributed by atoms with Crippen LogP contribution in [-0.4, -0.2) is 17.4 Å². The van der Waals surface area contributed by atoms with E-state index in [9.17, 15) is 4.39 Å². The second-order valence-corrected chi connectivity index (χ2v) is 2.83. The lowest BCUT2D eigenvalue weighted by molar-refractivity contribution is 0.143. The van der Waals surface area contributed by atoms with Gasteiger partial charge in [0, 0.05) is 5.92 Å². The van der Waals surface area contributed by atoms with Gasteiger partial charge in [0.1, 0.15) is 6.17 Å². The van der Waals surface area contributed by atoms with Crippen LogP contribution in [0.1, 0.15) is 12.8 Å². The Balaban J connectivity index is 0.000000231. The molecule has 2 aliphatic rings. The number of halogens is 1. The molecule has 0 heterocycles. The number of rotatable bonds is 0. The van der Waals surface area contributed by atoms with Crippen molar-refractivity contribution in [2.24, 2.45) is 11.8 Å². The van der Waals surface area contributed by atoms with E-state index in [2.05, 4.69) is 12.8 Å². The molecular formula is C8H11FO. The highest BCUT2D eigenvalue weighted by Crippen LogP contribution is 2.53. The summed E-state index contributed by atoms with van der Waals surface area (Å²) in [6.07, 6.45) is 8.77. The third-order valence-electron chi connectivity index (χ3n) is 2.37. The molecule has 0 aromatic carbocycles. The molecule has 0 aliphatic heterocycles. The first-order valence-electron chi connectivity index (χ1n) is 3.46. The van der Waals surface area contributed by atoms with Crippen LogP contribution >= 0.6 is 0 Å². The van der Waals surface area contributed by atoms with Gasteiger partial charge in [0.05, 0.1) is 6.10 Å². The summed E-state index contributed by atoms with van der Waals surface area (Å²) in [6.45, 7) is 0. The van der Waals surface area contributed by atoms with Gasteiger partial charge in [-0.15, -0.1) is 12.8 Å². The molecular weight excluding hydrogens is 131 g/mol. The molecule has 2 heteroatoms. The van der Waals surface area contributed by atoms with E-state index in [0.717, 1.165) is 12.8 Å². The number of terminal acetylenes is 1. The molecule has 0 spiro atoms. The SMILES string of the molecule is C#C.O[C@H]1CCC2C1[C@H]2F. The summed E-state index contributed by atoms with van der Waals surface area (Å²) < 4.78 is 12.3. The van der Waals surface area contributed by atoms with Gasteiger partial charge in [0.2, 0.25) is 0 Å². The van der Waals surface area contributed by atoms with Crippen molar-refractivity contribution in [2.45, 2.75) is 25.1 Å². The van der Waals surface area contributed by atoms with Gasteiger partial charge >= 0.3 is 0 Å². The smallest absolute Gasteiger partial charge is 0.109 e. The summed E-state index contributed by atoms with van der Waals surface area (Å²) in [7, 11) is 0. The molecule has 0 aromatic rings. The fraction of sp³-hybridized carbons (Fsp3) is 0.750. The van der Waals surface area contributed by atoms with Crippen molar-refractivity contribution >= 4 is 0 Å². The zero-order chi connectivity index (χ0) is 7.72. The largest absolute Gasteiger partial charge is 0.393 e. The predicted octanol–water partition coefficient (Wildman–Crippen LogP) is 0.975. The van der Waals surface area contributed by atoms with E-state index in [1.807, 2.05) is 0 Å². The molecule has 0 bridgehead atoms. The van der Waals surface area contributed by atoms with E-state index in [0.29, 0.717) is 0 Å². The summed E-state index contributed by atoms with van der Waals surface area (Å²) in [5, 5.41) is 8.97. The van der Waals surface area contributed by atoms with Gasteiger partial charge in [-0.2, -0.15) is 0 Å². The Morgan fingerprint density at radius 3 is 2.10 bits per heavy atom. The third-order valence-corrected chi connectivity index (χ3v) is 2.37. The molecule has 0 amide bonds. The van der Waals surface area contributed by atoms with Crippen molar-refractivity contribution in [2.75, 3.05) is 0 Å². The Labute approximate surface area is 60.2 Å². The average molecular weight is 142 g/mol. The monoisotopic (exact) mass is 142 g/mol. The second-order valence-electron chi connectivity index (χ2n) is 2.83.